The zero-order chi connectivity index (χ0) is 15.7. The number of anilines is 2. The van der Waals surface area contributed by atoms with Crippen LogP contribution < -0.4 is 10.2 Å². The fourth-order valence-electron chi connectivity index (χ4n) is 2.08. The highest BCUT2D eigenvalue weighted by atomic mass is 35.5. The number of amides is 3. The van der Waals surface area contributed by atoms with E-state index in [0.29, 0.717) is 21.4 Å². The van der Waals surface area contributed by atoms with Crippen molar-refractivity contribution in [2.45, 2.75) is 4.90 Å². The summed E-state index contributed by atoms with van der Waals surface area (Å²) in [4.78, 5) is 26.6. The van der Waals surface area contributed by atoms with Gasteiger partial charge in [0.15, 0.2) is 0 Å². The molecule has 1 aliphatic heterocycles. The van der Waals surface area contributed by atoms with Gasteiger partial charge in [-0.2, -0.15) is 0 Å². The lowest BCUT2D eigenvalue weighted by molar-refractivity contribution is -0.115. The van der Waals surface area contributed by atoms with E-state index in [1.807, 2.05) is 12.1 Å². The molecule has 0 spiro atoms. The summed E-state index contributed by atoms with van der Waals surface area (Å²) in [5, 5.41) is 3.40. The van der Waals surface area contributed by atoms with Gasteiger partial charge < -0.3 is 5.32 Å². The number of imide groups is 1. The van der Waals surface area contributed by atoms with Crippen LogP contribution in [-0.2, 0) is 4.79 Å². The van der Waals surface area contributed by atoms with Crippen molar-refractivity contribution in [3.8, 4) is 0 Å². The number of benzene rings is 2. The van der Waals surface area contributed by atoms with Crippen LogP contribution in [0, 0.1) is 0 Å². The molecule has 22 heavy (non-hydrogen) atoms. The van der Waals surface area contributed by atoms with E-state index in [-0.39, 0.29) is 11.7 Å². The van der Waals surface area contributed by atoms with E-state index in [1.54, 1.807) is 24.3 Å². The van der Waals surface area contributed by atoms with Gasteiger partial charge in [-0.1, -0.05) is 35.3 Å². The summed E-state index contributed by atoms with van der Waals surface area (Å²) in [6, 6.07) is 11.5. The van der Waals surface area contributed by atoms with Gasteiger partial charge in [-0.25, -0.2) is 9.69 Å². The highest BCUT2D eigenvalue weighted by Gasteiger charge is 2.29. The molecule has 3 amide bonds. The smallest absolute Gasteiger partial charge is 0.307 e. The number of para-hydroxylation sites is 1. The molecule has 1 aliphatic rings. The molecule has 2 aromatic rings. The van der Waals surface area contributed by atoms with Crippen LogP contribution in [0.15, 0.2) is 47.4 Å². The molecule has 0 bridgehead atoms. The van der Waals surface area contributed by atoms with Crippen molar-refractivity contribution >= 4 is 58.3 Å². The number of nitrogens with one attached hydrogen (secondary N) is 1. The number of hydrogen-bond donors (Lipinski definition) is 1. The minimum Gasteiger partial charge on any atom is -0.307 e. The molecule has 0 radical (unpaired) electrons. The molecular formula is C15H10Cl2N2O2S. The van der Waals surface area contributed by atoms with Crippen molar-refractivity contribution in [3.63, 3.8) is 0 Å². The number of rotatable bonds is 1. The third-order valence-corrected chi connectivity index (χ3v) is 4.87. The molecule has 0 atom stereocenters. The average molecular weight is 353 g/mol. The molecule has 0 unspecified atom stereocenters. The van der Waals surface area contributed by atoms with Gasteiger partial charge in [-0.05, 0) is 30.3 Å². The van der Waals surface area contributed by atoms with Crippen molar-refractivity contribution in [1.29, 1.82) is 0 Å². The Kier molecular flexibility index (Phi) is 4.29. The summed E-state index contributed by atoms with van der Waals surface area (Å²) in [6.07, 6.45) is 0. The van der Waals surface area contributed by atoms with Gasteiger partial charge in [0.2, 0.25) is 5.91 Å². The van der Waals surface area contributed by atoms with E-state index in [9.17, 15) is 9.59 Å². The molecule has 3 rings (SSSR count). The zero-order valence-corrected chi connectivity index (χ0v) is 13.5. The van der Waals surface area contributed by atoms with Gasteiger partial charge in [0.05, 0.1) is 21.5 Å². The molecule has 0 saturated heterocycles. The minimum atomic E-state index is -0.517. The van der Waals surface area contributed by atoms with E-state index in [2.05, 4.69) is 5.32 Å². The molecule has 0 aliphatic carbocycles. The first-order valence-corrected chi connectivity index (χ1v) is 8.11. The van der Waals surface area contributed by atoms with Crippen LogP contribution in [0.25, 0.3) is 0 Å². The third kappa shape index (κ3) is 2.92. The van der Waals surface area contributed by atoms with Gasteiger partial charge in [0, 0.05) is 10.6 Å². The first-order valence-electron chi connectivity index (χ1n) is 6.37. The molecule has 1 N–H and O–H groups in total. The van der Waals surface area contributed by atoms with Crippen LogP contribution in [-0.4, -0.2) is 17.7 Å². The highest BCUT2D eigenvalue weighted by Crippen LogP contribution is 2.35. The van der Waals surface area contributed by atoms with Crippen molar-refractivity contribution in [2.75, 3.05) is 16.0 Å². The fourth-order valence-corrected chi connectivity index (χ4v) is 3.27. The molecule has 0 saturated carbocycles. The minimum absolute atomic E-state index is 0.228. The quantitative estimate of drug-likeness (QED) is 0.811. The maximum absolute atomic E-state index is 12.4. The number of fused-ring (bicyclic) bond motifs is 1. The fraction of sp³-hybridized carbons (Fsp3) is 0.0667. The maximum Gasteiger partial charge on any atom is 0.333 e. The van der Waals surface area contributed by atoms with Crippen molar-refractivity contribution in [3.05, 3.63) is 52.5 Å². The Morgan fingerprint density at radius 2 is 1.91 bits per heavy atom. The number of carbonyl (C=O) groups excluding carboxylic acids is 2. The molecule has 0 fully saturated rings. The summed E-state index contributed by atoms with van der Waals surface area (Å²) in [6.45, 7) is 0. The Morgan fingerprint density at radius 1 is 1.14 bits per heavy atom. The largest absolute Gasteiger partial charge is 0.333 e. The Hall–Kier alpha value is -1.69. The normalized spacial score (nSPS) is 13.7. The molecule has 112 valence electrons. The number of hydrogen-bond acceptors (Lipinski definition) is 3. The third-order valence-electron chi connectivity index (χ3n) is 3.08. The van der Waals surface area contributed by atoms with E-state index >= 15 is 0 Å². The molecule has 2 aromatic carbocycles. The number of thioether (sulfide) groups is 1. The van der Waals surface area contributed by atoms with Crippen LogP contribution in [0.2, 0.25) is 10.0 Å². The predicted octanol–water partition coefficient (Wildman–Crippen LogP) is 4.66. The Balaban J connectivity index is 1.88. The van der Waals surface area contributed by atoms with Gasteiger partial charge in [-0.15, -0.1) is 11.8 Å². The van der Waals surface area contributed by atoms with E-state index < -0.39 is 6.03 Å². The molecular weight excluding hydrogens is 343 g/mol. The van der Waals surface area contributed by atoms with Gasteiger partial charge in [-0.3, -0.25) is 4.79 Å². The first kappa shape index (κ1) is 15.2. The van der Waals surface area contributed by atoms with Crippen LogP contribution in [0.4, 0.5) is 16.2 Å². The molecule has 4 nitrogen and oxygen atoms in total. The average Bonchev–Trinajstić information content (AvgIpc) is 2.50. The summed E-state index contributed by atoms with van der Waals surface area (Å²) in [5.41, 5.74) is 1.06. The van der Waals surface area contributed by atoms with E-state index in [4.69, 9.17) is 23.2 Å². The lowest BCUT2D eigenvalue weighted by Gasteiger charge is -2.27. The second-order valence-corrected chi connectivity index (χ2v) is 6.38. The van der Waals surface area contributed by atoms with Crippen molar-refractivity contribution in [1.82, 2.24) is 0 Å². The number of nitrogens with zero attached hydrogens (tertiary/aromatic N) is 1. The number of carbonyl (C=O) groups is 2. The topological polar surface area (TPSA) is 49.4 Å². The van der Waals surface area contributed by atoms with Gasteiger partial charge >= 0.3 is 6.03 Å². The van der Waals surface area contributed by atoms with Crippen LogP contribution >= 0.6 is 35.0 Å². The van der Waals surface area contributed by atoms with Gasteiger partial charge in [0.25, 0.3) is 0 Å². The van der Waals surface area contributed by atoms with Crippen LogP contribution in [0.3, 0.4) is 0 Å². The lowest BCUT2D eigenvalue weighted by Crippen LogP contribution is -2.43. The number of halogens is 2. The summed E-state index contributed by atoms with van der Waals surface area (Å²) < 4.78 is 0. The Labute approximate surface area is 141 Å². The SMILES string of the molecule is O=C1CSc2ccccc2N1C(=O)Nc1ccc(Cl)c(Cl)c1. The van der Waals surface area contributed by atoms with Crippen LogP contribution in [0.5, 0.6) is 0 Å². The van der Waals surface area contributed by atoms with Crippen molar-refractivity contribution < 1.29 is 9.59 Å². The van der Waals surface area contributed by atoms with Gasteiger partial charge in [0.1, 0.15) is 0 Å². The zero-order valence-electron chi connectivity index (χ0n) is 11.2. The Morgan fingerprint density at radius 3 is 2.68 bits per heavy atom. The Bertz CT molecular complexity index is 767. The predicted molar refractivity (Wildman–Crippen MR) is 90.1 cm³/mol. The number of urea groups is 1. The molecule has 0 aromatic heterocycles. The summed E-state index contributed by atoms with van der Waals surface area (Å²) in [7, 11) is 0. The van der Waals surface area contributed by atoms with Crippen LogP contribution in [0.1, 0.15) is 0 Å². The molecule has 7 heteroatoms. The summed E-state index contributed by atoms with van der Waals surface area (Å²) in [5.74, 6) is -0.0347. The standard InChI is InChI=1S/C15H10Cl2N2O2S/c16-10-6-5-9(7-11(10)17)18-15(21)19-12-3-1-2-4-13(12)22-8-14(19)20/h1-7H,8H2,(H,18,21). The van der Waals surface area contributed by atoms with Crippen molar-refractivity contribution in [2.24, 2.45) is 0 Å². The highest BCUT2D eigenvalue weighted by molar-refractivity contribution is 8.00. The first-order chi connectivity index (χ1) is 10.6. The lowest BCUT2D eigenvalue weighted by atomic mass is 10.2. The van der Waals surface area contributed by atoms with E-state index in [1.165, 1.54) is 17.8 Å². The second-order valence-electron chi connectivity index (χ2n) is 4.54. The maximum atomic E-state index is 12.4. The van der Waals surface area contributed by atoms with E-state index in [0.717, 1.165) is 9.80 Å². The molecule has 1 heterocycles. The second kappa shape index (κ2) is 6.20. The summed E-state index contributed by atoms with van der Waals surface area (Å²) >= 11 is 13.2. The monoisotopic (exact) mass is 352 g/mol.